The Kier molecular flexibility index (Phi) is 3.46. The second kappa shape index (κ2) is 5.35. The monoisotopic (exact) mass is 340 g/mol. The van der Waals surface area contributed by atoms with Crippen molar-refractivity contribution in [2.45, 2.75) is 44.9 Å². The maximum atomic E-state index is 14.1. The summed E-state index contributed by atoms with van der Waals surface area (Å²) in [4.78, 5) is 11.3. The summed E-state index contributed by atoms with van der Waals surface area (Å²) in [7, 11) is 0. The van der Waals surface area contributed by atoms with Crippen LogP contribution in [-0.2, 0) is 14.9 Å². The number of hydrogen-bond donors (Lipinski definition) is 0. The van der Waals surface area contributed by atoms with E-state index in [-0.39, 0.29) is 28.5 Å². The van der Waals surface area contributed by atoms with Gasteiger partial charge >= 0.3 is 5.97 Å². The van der Waals surface area contributed by atoms with Gasteiger partial charge in [0.2, 0.25) is 0 Å². The molecular weight excluding hydrogens is 319 g/mol. The normalized spacial score (nSPS) is 29.5. The number of benzene rings is 1. The molecule has 130 valence electrons. The molecule has 2 aliphatic rings. The average Bonchev–Trinajstić information content (AvgIpc) is 2.95. The predicted octanol–water partition coefficient (Wildman–Crippen LogP) is 4.00. The molecule has 1 heterocycles. The summed E-state index contributed by atoms with van der Waals surface area (Å²) in [6.07, 6.45) is 2.01. The topological polar surface area (TPSA) is 52.1 Å². The van der Waals surface area contributed by atoms with Crippen LogP contribution in [0.15, 0.2) is 30.3 Å². The molecule has 25 heavy (non-hydrogen) atoms. The van der Waals surface area contributed by atoms with Crippen LogP contribution in [-0.4, -0.2) is 22.8 Å². The van der Waals surface area contributed by atoms with Gasteiger partial charge in [0.25, 0.3) is 0 Å². The van der Waals surface area contributed by atoms with Crippen molar-refractivity contribution in [3.63, 3.8) is 0 Å². The molecule has 4 nitrogen and oxygen atoms in total. The molecule has 1 unspecified atom stereocenters. The molecule has 5 heteroatoms. The van der Waals surface area contributed by atoms with E-state index in [1.807, 2.05) is 6.07 Å². The van der Waals surface area contributed by atoms with Gasteiger partial charge in [-0.05, 0) is 42.5 Å². The maximum absolute atomic E-state index is 14.1. The van der Waals surface area contributed by atoms with Crippen molar-refractivity contribution in [1.82, 2.24) is 10.2 Å². The van der Waals surface area contributed by atoms with Crippen molar-refractivity contribution in [3.8, 4) is 11.3 Å². The van der Waals surface area contributed by atoms with Crippen LogP contribution in [0.1, 0.15) is 50.8 Å². The predicted molar refractivity (Wildman–Crippen MR) is 91.5 cm³/mol. The van der Waals surface area contributed by atoms with E-state index in [9.17, 15) is 9.18 Å². The lowest BCUT2D eigenvalue weighted by atomic mass is 9.69. The first kappa shape index (κ1) is 16.2. The van der Waals surface area contributed by atoms with Crippen LogP contribution in [0.4, 0.5) is 4.39 Å². The number of fused-ring (bicyclic) bond motifs is 5. The number of carbonyl (C=O) groups excluding carboxylic acids is 1. The number of nitrogens with zero attached hydrogens (tertiary/aromatic N) is 2. The Morgan fingerprint density at radius 2 is 2.08 bits per heavy atom. The number of aromatic nitrogens is 2. The summed E-state index contributed by atoms with van der Waals surface area (Å²) in [6.45, 7) is 6.15. The molecule has 0 radical (unpaired) electrons. The zero-order chi connectivity index (χ0) is 17.8. The Hall–Kier alpha value is -2.30. The lowest BCUT2D eigenvalue weighted by molar-refractivity contribution is -0.145. The third-order valence-corrected chi connectivity index (χ3v) is 6.41. The fourth-order valence-corrected chi connectivity index (χ4v) is 4.72. The van der Waals surface area contributed by atoms with Gasteiger partial charge in [0, 0.05) is 23.3 Å². The highest BCUT2D eigenvalue weighted by molar-refractivity contribution is 5.66. The molecule has 4 rings (SSSR count). The first-order valence-corrected chi connectivity index (χ1v) is 8.63. The van der Waals surface area contributed by atoms with Crippen LogP contribution >= 0.6 is 0 Å². The summed E-state index contributed by atoms with van der Waals surface area (Å²) >= 11 is 0. The minimum Gasteiger partial charge on any atom is -0.465 e. The molecule has 2 aromatic rings. The van der Waals surface area contributed by atoms with E-state index in [1.165, 1.54) is 13.0 Å². The third-order valence-electron chi connectivity index (χ3n) is 6.41. The Balaban J connectivity index is 1.78. The minimum absolute atomic E-state index is 0.177. The van der Waals surface area contributed by atoms with E-state index in [0.717, 1.165) is 24.1 Å². The fourth-order valence-electron chi connectivity index (χ4n) is 4.72. The molecule has 2 aliphatic carbocycles. The molecule has 0 aliphatic heterocycles. The Morgan fingerprint density at radius 3 is 2.80 bits per heavy atom. The first-order chi connectivity index (χ1) is 11.9. The van der Waals surface area contributed by atoms with E-state index in [2.05, 4.69) is 24.0 Å². The number of rotatable bonds is 3. The summed E-state index contributed by atoms with van der Waals surface area (Å²) in [6, 6.07) is 8.59. The van der Waals surface area contributed by atoms with E-state index in [0.29, 0.717) is 17.9 Å². The summed E-state index contributed by atoms with van der Waals surface area (Å²) in [5.74, 6) is -0.319. The van der Waals surface area contributed by atoms with Gasteiger partial charge in [-0.25, -0.2) is 4.39 Å². The Morgan fingerprint density at radius 1 is 1.32 bits per heavy atom. The molecular formula is C20H21FN2O2. The van der Waals surface area contributed by atoms with Crippen molar-refractivity contribution in [2.75, 3.05) is 6.61 Å². The smallest absolute Gasteiger partial charge is 0.302 e. The van der Waals surface area contributed by atoms with Crippen LogP contribution in [0, 0.1) is 11.2 Å². The number of carbonyl (C=O) groups is 1. The number of ether oxygens (including phenoxy) is 1. The Labute approximate surface area is 146 Å². The first-order valence-electron chi connectivity index (χ1n) is 8.63. The highest BCUT2D eigenvalue weighted by Crippen LogP contribution is 2.67. The van der Waals surface area contributed by atoms with Gasteiger partial charge in [0.05, 0.1) is 18.0 Å². The standard InChI is InChI=1S/C20H21FN2O2/c1-12(24)25-11-20(3)15-8-9-19(20,2)18-14(15)10-17(22-23-18)13-6-4-5-7-16(13)21/h4-7,10,15H,8-9,11H2,1-3H3/t15-,19+,20?/m1/s1. The maximum Gasteiger partial charge on any atom is 0.302 e. The number of esters is 1. The molecule has 3 atom stereocenters. The summed E-state index contributed by atoms with van der Waals surface area (Å²) < 4.78 is 19.5. The third kappa shape index (κ3) is 2.14. The molecule has 1 fully saturated rings. The molecule has 0 amide bonds. The average molecular weight is 340 g/mol. The highest BCUT2D eigenvalue weighted by atomic mass is 19.1. The number of halogens is 1. The van der Waals surface area contributed by atoms with Gasteiger partial charge in [-0.2, -0.15) is 10.2 Å². The van der Waals surface area contributed by atoms with Crippen molar-refractivity contribution >= 4 is 5.97 Å². The molecule has 0 N–H and O–H groups in total. The minimum atomic E-state index is -0.297. The van der Waals surface area contributed by atoms with Crippen molar-refractivity contribution in [3.05, 3.63) is 47.4 Å². The van der Waals surface area contributed by atoms with Gasteiger partial charge < -0.3 is 4.74 Å². The van der Waals surface area contributed by atoms with Crippen LogP contribution < -0.4 is 0 Å². The second-order valence-corrected chi connectivity index (χ2v) is 7.63. The number of hydrogen-bond acceptors (Lipinski definition) is 4. The van der Waals surface area contributed by atoms with Gasteiger partial charge in [-0.3, -0.25) is 4.79 Å². The van der Waals surface area contributed by atoms with Crippen molar-refractivity contribution in [1.29, 1.82) is 0 Å². The molecule has 1 saturated carbocycles. The van der Waals surface area contributed by atoms with E-state index in [1.54, 1.807) is 18.2 Å². The van der Waals surface area contributed by atoms with Gasteiger partial charge in [0.15, 0.2) is 0 Å². The van der Waals surface area contributed by atoms with E-state index < -0.39 is 0 Å². The van der Waals surface area contributed by atoms with Gasteiger partial charge in [-0.1, -0.05) is 26.0 Å². The zero-order valence-electron chi connectivity index (χ0n) is 14.7. The van der Waals surface area contributed by atoms with Gasteiger partial charge in [-0.15, -0.1) is 0 Å². The second-order valence-electron chi connectivity index (χ2n) is 7.63. The highest BCUT2D eigenvalue weighted by Gasteiger charge is 2.63. The molecule has 0 saturated heterocycles. The van der Waals surface area contributed by atoms with E-state index in [4.69, 9.17) is 4.74 Å². The summed E-state index contributed by atoms with van der Waals surface area (Å²) in [5, 5.41) is 8.80. The molecule has 2 bridgehead atoms. The van der Waals surface area contributed by atoms with Crippen molar-refractivity contribution < 1.29 is 13.9 Å². The zero-order valence-corrected chi connectivity index (χ0v) is 14.7. The Bertz CT molecular complexity index is 869. The van der Waals surface area contributed by atoms with Crippen LogP contribution in [0.3, 0.4) is 0 Å². The van der Waals surface area contributed by atoms with Crippen LogP contribution in [0.5, 0.6) is 0 Å². The van der Waals surface area contributed by atoms with Crippen LogP contribution in [0.2, 0.25) is 0 Å². The molecule has 1 aromatic carbocycles. The fraction of sp³-hybridized carbons (Fsp3) is 0.450. The SMILES string of the molecule is CC(=O)OCC1(C)[C@@H]2CC[C@@]1(C)c1nnc(-c3ccccc3F)cc12. The quantitative estimate of drug-likeness (QED) is 0.793. The van der Waals surface area contributed by atoms with Gasteiger partial charge in [0.1, 0.15) is 5.82 Å². The lowest BCUT2D eigenvalue weighted by Gasteiger charge is -2.37. The van der Waals surface area contributed by atoms with E-state index >= 15 is 0 Å². The lowest BCUT2D eigenvalue weighted by Crippen LogP contribution is -2.39. The molecule has 0 spiro atoms. The van der Waals surface area contributed by atoms with Crippen molar-refractivity contribution in [2.24, 2.45) is 5.41 Å². The summed E-state index contributed by atoms with van der Waals surface area (Å²) in [5.41, 5.74) is 2.73. The molecule has 1 aromatic heterocycles. The van der Waals surface area contributed by atoms with Crippen LogP contribution in [0.25, 0.3) is 11.3 Å². The largest absolute Gasteiger partial charge is 0.465 e.